The molecule has 3 fully saturated rings. The summed E-state index contributed by atoms with van der Waals surface area (Å²) in [7, 11) is 1.87. The Morgan fingerprint density at radius 3 is 2.63 bits per heavy atom. The molecule has 43 heavy (non-hydrogen) atoms. The summed E-state index contributed by atoms with van der Waals surface area (Å²) < 4.78 is 29.2. The number of amides is 2. The summed E-state index contributed by atoms with van der Waals surface area (Å²) >= 11 is 0. The Kier molecular flexibility index (Phi) is 8.38. The lowest BCUT2D eigenvalue weighted by molar-refractivity contribution is -0.00238. The fraction of sp³-hybridized carbons (Fsp3) is 0.471. The van der Waals surface area contributed by atoms with Crippen molar-refractivity contribution in [1.29, 1.82) is 0 Å². The molecule has 9 heteroatoms. The second kappa shape index (κ2) is 12.2. The van der Waals surface area contributed by atoms with Gasteiger partial charge in [-0.05, 0) is 69.5 Å². The van der Waals surface area contributed by atoms with Crippen LogP contribution in [0.4, 0.5) is 13.6 Å². The van der Waals surface area contributed by atoms with Crippen LogP contribution in [0.25, 0.3) is 11.3 Å². The molecule has 2 aromatic carbocycles. The largest absolute Gasteiger partial charge is 0.361 e. The van der Waals surface area contributed by atoms with Crippen LogP contribution in [-0.4, -0.2) is 70.5 Å². The summed E-state index contributed by atoms with van der Waals surface area (Å²) in [5.74, 6) is -0.993. The molecule has 2 atom stereocenters. The van der Waals surface area contributed by atoms with Gasteiger partial charge in [-0.15, -0.1) is 0 Å². The van der Waals surface area contributed by atoms with Crippen LogP contribution in [0.5, 0.6) is 0 Å². The average molecular weight is 590 g/mol. The quantitative estimate of drug-likeness (QED) is 0.406. The number of carbonyl (C=O) groups is 1. The second-order valence-corrected chi connectivity index (χ2v) is 12.5. The normalized spacial score (nSPS) is 22.3. The standard InChI is InChI=1S/C34H41F2N5O2/c1-23-6-5-7-24(16-23)30-19-32(42)25(20-38-30)21-40-15-14-39(22-34(40)11-3-4-12-34)33(43)41-13-10-27(37-2)18-31(41)28-17-26(35)8-9-29(28)36/h5-9,16-17,19-20,27,31,37H,3-4,10-15,18,21-22H2,1-2H3,(H,38,42)/t27-,31+/m1/s1. The van der Waals surface area contributed by atoms with E-state index in [2.05, 4.69) is 21.3 Å². The molecule has 1 spiro atoms. The van der Waals surface area contributed by atoms with E-state index in [0.717, 1.165) is 66.6 Å². The first-order valence-electron chi connectivity index (χ1n) is 15.5. The zero-order chi connectivity index (χ0) is 30.1. The number of piperazine rings is 1. The maximum atomic E-state index is 15.0. The van der Waals surface area contributed by atoms with Crippen LogP contribution in [0.1, 0.15) is 61.3 Å². The molecule has 1 aliphatic carbocycles. The molecule has 0 radical (unpaired) electrons. The molecule has 1 aromatic heterocycles. The van der Waals surface area contributed by atoms with Crippen molar-refractivity contribution in [3.8, 4) is 11.3 Å². The molecule has 0 unspecified atom stereocenters. The summed E-state index contributed by atoms with van der Waals surface area (Å²) in [6, 6.07) is 12.7. The van der Waals surface area contributed by atoms with E-state index in [-0.39, 0.29) is 28.6 Å². The number of carbonyl (C=O) groups excluding carboxylic acids is 1. The summed E-state index contributed by atoms with van der Waals surface area (Å²) in [5, 5.41) is 3.26. The van der Waals surface area contributed by atoms with Crippen molar-refractivity contribution < 1.29 is 13.6 Å². The van der Waals surface area contributed by atoms with Gasteiger partial charge < -0.3 is 20.1 Å². The van der Waals surface area contributed by atoms with Crippen molar-refractivity contribution in [2.45, 2.75) is 69.6 Å². The highest BCUT2D eigenvalue weighted by atomic mass is 19.1. The Morgan fingerprint density at radius 1 is 1.07 bits per heavy atom. The van der Waals surface area contributed by atoms with Crippen molar-refractivity contribution in [3.05, 3.63) is 93.3 Å². The minimum absolute atomic E-state index is 0.00859. The number of urea groups is 1. The molecule has 3 aromatic rings. The number of benzene rings is 2. The maximum Gasteiger partial charge on any atom is 0.320 e. The average Bonchev–Trinajstić information content (AvgIpc) is 3.48. The number of hydrogen-bond acceptors (Lipinski definition) is 4. The van der Waals surface area contributed by atoms with Gasteiger partial charge in [0.2, 0.25) is 0 Å². The number of rotatable bonds is 5. The molecule has 2 N–H and O–H groups in total. The molecule has 3 aliphatic rings. The number of likely N-dealkylation sites (tertiary alicyclic amines) is 1. The summed E-state index contributed by atoms with van der Waals surface area (Å²) in [6.07, 6.45) is 7.18. The van der Waals surface area contributed by atoms with Crippen LogP contribution in [0.15, 0.2) is 59.5 Å². The van der Waals surface area contributed by atoms with E-state index in [1.165, 1.54) is 6.07 Å². The minimum Gasteiger partial charge on any atom is -0.361 e. The third-order valence-electron chi connectivity index (χ3n) is 9.86. The van der Waals surface area contributed by atoms with Crippen LogP contribution in [0.3, 0.4) is 0 Å². The third kappa shape index (κ3) is 5.97. The van der Waals surface area contributed by atoms with E-state index in [1.807, 2.05) is 43.3 Å². The van der Waals surface area contributed by atoms with E-state index < -0.39 is 17.7 Å². The number of aromatic nitrogens is 1. The molecular formula is C34H41F2N5O2. The number of nitrogens with zero attached hydrogens (tertiary/aromatic N) is 3. The fourth-order valence-corrected chi connectivity index (χ4v) is 7.44. The van der Waals surface area contributed by atoms with E-state index in [9.17, 15) is 18.4 Å². The summed E-state index contributed by atoms with van der Waals surface area (Å²) in [4.78, 5) is 36.8. The number of nitrogens with one attached hydrogen (secondary N) is 2. The van der Waals surface area contributed by atoms with E-state index in [0.29, 0.717) is 39.1 Å². The molecule has 7 nitrogen and oxygen atoms in total. The molecule has 2 amide bonds. The van der Waals surface area contributed by atoms with Gasteiger partial charge >= 0.3 is 6.03 Å². The zero-order valence-corrected chi connectivity index (χ0v) is 25.0. The van der Waals surface area contributed by atoms with Gasteiger partial charge in [0.15, 0.2) is 5.43 Å². The van der Waals surface area contributed by atoms with Gasteiger partial charge in [-0.1, -0.05) is 36.6 Å². The lowest BCUT2D eigenvalue weighted by Gasteiger charge is -2.51. The summed E-state index contributed by atoms with van der Waals surface area (Å²) in [6.45, 7) is 4.76. The minimum atomic E-state index is -0.544. The Bertz CT molecular complexity index is 1540. The number of piperidine rings is 1. The first kappa shape index (κ1) is 29.5. The maximum absolute atomic E-state index is 15.0. The number of pyridine rings is 1. The van der Waals surface area contributed by atoms with Crippen molar-refractivity contribution in [2.75, 3.05) is 33.2 Å². The van der Waals surface area contributed by atoms with E-state index >= 15 is 0 Å². The van der Waals surface area contributed by atoms with Crippen molar-refractivity contribution in [1.82, 2.24) is 25.0 Å². The second-order valence-electron chi connectivity index (χ2n) is 12.5. The molecule has 0 bridgehead atoms. The fourth-order valence-electron chi connectivity index (χ4n) is 7.44. The highest BCUT2D eigenvalue weighted by Crippen LogP contribution is 2.40. The molecule has 1 saturated carbocycles. The van der Waals surface area contributed by atoms with Crippen molar-refractivity contribution in [2.24, 2.45) is 0 Å². The molecule has 2 saturated heterocycles. The lowest BCUT2D eigenvalue weighted by Crippen LogP contribution is -2.64. The topological polar surface area (TPSA) is 71.7 Å². The van der Waals surface area contributed by atoms with Gasteiger partial charge in [0.25, 0.3) is 0 Å². The molecule has 3 heterocycles. The van der Waals surface area contributed by atoms with Crippen molar-refractivity contribution >= 4 is 6.03 Å². The third-order valence-corrected chi connectivity index (χ3v) is 9.86. The highest BCUT2D eigenvalue weighted by Gasteiger charge is 2.46. The van der Waals surface area contributed by atoms with Crippen LogP contribution < -0.4 is 10.7 Å². The van der Waals surface area contributed by atoms with Gasteiger partial charge in [-0.25, -0.2) is 13.6 Å². The van der Waals surface area contributed by atoms with Gasteiger partial charge in [0.05, 0.1) is 6.04 Å². The molecule has 2 aliphatic heterocycles. The predicted molar refractivity (Wildman–Crippen MR) is 164 cm³/mol. The van der Waals surface area contributed by atoms with Crippen LogP contribution >= 0.6 is 0 Å². The number of halogens is 2. The first-order chi connectivity index (χ1) is 20.8. The monoisotopic (exact) mass is 589 g/mol. The van der Waals surface area contributed by atoms with E-state index in [4.69, 9.17) is 0 Å². The molecular weight excluding hydrogens is 548 g/mol. The number of aromatic amines is 1. The van der Waals surface area contributed by atoms with Gasteiger partial charge in [-0.2, -0.15) is 0 Å². The van der Waals surface area contributed by atoms with E-state index in [1.54, 1.807) is 11.0 Å². The number of hydrogen-bond donors (Lipinski definition) is 2. The lowest BCUT2D eigenvalue weighted by atomic mass is 9.90. The zero-order valence-electron chi connectivity index (χ0n) is 25.0. The number of aryl methyl sites for hydroxylation is 1. The number of H-pyrrole nitrogens is 1. The van der Waals surface area contributed by atoms with Gasteiger partial charge in [0, 0.05) is 73.4 Å². The van der Waals surface area contributed by atoms with Gasteiger partial charge in [-0.3, -0.25) is 9.69 Å². The van der Waals surface area contributed by atoms with Gasteiger partial charge in [0.1, 0.15) is 11.6 Å². The molecule has 228 valence electrons. The Hall–Kier alpha value is -3.56. The van der Waals surface area contributed by atoms with Crippen LogP contribution in [0, 0.1) is 18.6 Å². The smallest absolute Gasteiger partial charge is 0.320 e. The van der Waals surface area contributed by atoms with Crippen LogP contribution in [0.2, 0.25) is 0 Å². The SMILES string of the molecule is CN[C@@H]1CCN(C(=O)N2CCN(Cc3c[nH]c(-c4cccc(C)c4)cc3=O)C3(CCCC3)C2)[C@H](c2cc(F)ccc2F)C1. The predicted octanol–water partition coefficient (Wildman–Crippen LogP) is 5.60. The summed E-state index contributed by atoms with van der Waals surface area (Å²) in [5.41, 5.74) is 3.67. The Labute approximate surface area is 251 Å². The molecule has 6 rings (SSSR count). The Morgan fingerprint density at radius 2 is 1.88 bits per heavy atom. The first-order valence-corrected chi connectivity index (χ1v) is 15.5. The highest BCUT2D eigenvalue weighted by molar-refractivity contribution is 5.75. The van der Waals surface area contributed by atoms with Crippen LogP contribution in [-0.2, 0) is 6.54 Å². The Balaban J connectivity index is 1.21. The van der Waals surface area contributed by atoms with Crippen molar-refractivity contribution in [3.63, 3.8) is 0 Å².